The van der Waals surface area contributed by atoms with Gasteiger partial charge in [-0.15, -0.1) is 0 Å². The predicted octanol–water partition coefficient (Wildman–Crippen LogP) is 0.820. The molecule has 1 aliphatic rings. The summed E-state index contributed by atoms with van der Waals surface area (Å²) < 4.78 is 41.8. The van der Waals surface area contributed by atoms with E-state index in [2.05, 4.69) is 10.4 Å². The first-order valence-electron chi connectivity index (χ1n) is 8.65. The van der Waals surface area contributed by atoms with Gasteiger partial charge >= 0.3 is 0 Å². The topological polar surface area (TPSA) is 87.5 Å². The maximum Gasteiger partial charge on any atom is 0.263 e. The number of anilines is 1. The van der Waals surface area contributed by atoms with Crippen LogP contribution >= 0.6 is 0 Å². The number of piperazine rings is 1. The molecule has 1 fully saturated rings. The minimum atomic E-state index is -3.89. The number of carbonyl (C=O) groups is 1. The van der Waals surface area contributed by atoms with Crippen molar-refractivity contribution < 1.29 is 17.6 Å². The lowest BCUT2D eigenvalue weighted by Gasteiger charge is -2.35. The van der Waals surface area contributed by atoms with E-state index in [1.165, 1.54) is 27.3 Å². The first-order chi connectivity index (χ1) is 12.8. The van der Waals surface area contributed by atoms with Crippen LogP contribution in [0.2, 0.25) is 0 Å². The zero-order valence-electron chi connectivity index (χ0n) is 15.2. The zero-order valence-corrected chi connectivity index (χ0v) is 16.0. The second-order valence-electron chi connectivity index (χ2n) is 6.25. The van der Waals surface area contributed by atoms with Crippen molar-refractivity contribution in [2.24, 2.45) is 7.05 Å². The normalized spacial score (nSPS) is 15.7. The highest BCUT2D eigenvalue weighted by atomic mass is 32.2. The molecule has 0 bridgehead atoms. The third-order valence-corrected chi connectivity index (χ3v) is 6.23. The van der Waals surface area contributed by atoms with Crippen LogP contribution in [0.5, 0.6) is 0 Å². The van der Waals surface area contributed by atoms with Crippen LogP contribution in [0.15, 0.2) is 35.5 Å². The van der Waals surface area contributed by atoms with Crippen LogP contribution in [0, 0.1) is 5.82 Å². The van der Waals surface area contributed by atoms with Gasteiger partial charge in [-0.2, -0.15) is 9.40 Å². The number of nitrogens with one attached hydrogen (secondary N) is 1. The van der Waals surface area contributed by atoms with Gasteiger partial charge in [-0.05, 0) is 31.2 Å². The zero-order chi connectivity index (χ0) is 19.6. The number of amides is 1. The van der Waals surface area contributed by atoms with Gasteiger partial charge in [0.2, 0.25) is 5.03 Å². The molecule has 10 heteroatoms. The van der Waals surface area contributed by atoms with Crippen molar-refractivity contribution in [2.45, 2.75) is 11.9 Å². The van der Waals surface area contributed by atoms with Crippen molar-refractivity contribution in [1.29, 1.82) is 0 Å². The van der Waals surface area contributed by atoms with Crippen molar-refractivity contribution in [3.05, 3.63) is 41.8 Å². The van der Waals surface area contributed by atoms with Crippen LogP contribution in [-0.2, 0) is 17.1 Å². The summed E-state index contributed by atoms with van der Waals surface area (Å²) in [6.07, 6.45) is 1.41. The molecule has 0 atom stereocenters. The highest BCUT2D eigenvalue weighted by Crippen LogP contribution is 2.22. The van der Waals surface area contributed by atoms with Crippen molar-refractivity contribution in [1.82, 2.24) is 19.4 Å². The van der Waals surface area contributed by atoms with Gasteiger partial charge in [0.15, 0.2) is 0 Å². The minimum Gasteiger partial charge on any atom is -0.369 e. The summed E-state index contributed by atoms with van der Waals surface area (Å²) in [6.45, 7) is 3.60. The number of benzene rings is 1. The smallest absolute Gasteiger partial charge is 0.263 e. The molecule has 0 spiro atoms. The number of aromatic nitrogens is 2. The van der Waals surface area contributed by atoms with Crippen molar-refractivity contribution in [2.75, 3.05) is 37.6 Å². The molecule has 27 heavy (non-hydrogen) atoms. The lowest BCUT2D eigenvalue weighted by Crippen LogP contribution is -2.49. The molecule has 1 aliphatic heterocycles. The summed E-state index contributed by atoms with van der Waals surface area (Å²) >= 11 is 0. The Morgan fingerprint density at radius 1 is 1.19 bits per heavy atom. The summed E-state index contributed by atoms with van der Waals surface area (Å²) in [5, 5.41) is 6.40. The first-order valence-corrected chi connectivity index (χ1v) is 10.1. The molecule has 0 unspecified atom stereocenters. The third-order valence-electron chi connectivity index (χ3n) is 4.39. The molecule has 1 N–H and O–H groups in total. The summed E-state index contributed by atoms with van der Waals surface area (Å²) in [4.78, 5) is 14.2. The molecule has 1 amide bonds. The van der Waals surface area contributed by atoms with E-state index in [0.717, 1.165) is 5.69 Å². The number of carbonyl (C=O) groups excluding carboxylic acids is 1. The van der Waals surface area contributed by atoms with Crippen molar-refractivity contribution in [3.8, 4) is 0 Å². The maximum atomic E-state index is 13.1. The number of hydrogen-bond acceptors (Lipinski definition) is 5. The average molecular weight is 395 g/mol. The van der Waals surface area contributed by atoms with Gasteiger partial charge in [0.25, 0.3) is 15.9 Å². The fourth-order valence-corrected chi connectivity index (χ4v) is 4.57. The second-order valence-corrected chi connectivity index (χ2v) is 8.10. The lowest BCUT2D eigenvalue weighted by molar-refractivity contribution is 0.0952. The standard InChI is InChI=1S/C17H22FN5O3S/c1-3-19-16(24)15-12-21(2)20-17(15)27(25,26)23-10-8-22(9-11-23)14-6-4-13(18)5-7-14/h4-7,12H,3,8-11H2,1-2H3,(H,19,24). The summed E-state index contributed by atoms with van der Waals surface area (Å²) in [5.41, 5.74) is 0.884. The average Bonchev–Trinajstić information content (AvgIpc) is 3.05. The highest BCUT2D eigenvalue weighted by Gasteiger charge is 2.34. The molecule has 2 aromatic rings. The number of rotatable bonds is 5. The van der Waals surface area contributed by atoms with Crippen molar-refractivity contribution in [3.63, 3.8) is 0 Å². The van der Waals surface area contributed by atoms with Gasteiger partial charge in [0.05, 0.1) is 5.56 Å². The quantitative estimate of drug-likeness (QED) is 0.810. The van der Waals surface area contributed by atoms with Gasteiger partial charge in [-0.25, -0.2) is 12.8 Å². The van der Waals surface area contributed by atoms with Crippen molar-refractivity contribution >= 4 is 21.6 Å². The maximum absolute atomic E-state index is 13.1. The molecule has 1 saturated heterocycles. The number of hydrogen-bond donors (Lipinski definition) is 1. The van der Waals surface area contributed by atoms with Crippen LogP contribution in [0.1, 0.15) is 17.3 Å². The summed E-state index contributed by atoms with van der Waals surface area (Å²) in [7, 11) is -2.32. The molecule has 2 heterocycles. The van der Waals surface area contributed by atoms with E-state index in [-0.39, 0.29) is 29.5 Å². The Morgan fingerprint density at radius 3 is 2.41 bits per heavy atom. The largest absolute Gasteiger partial charge is 0.369 e. The molecule has 1 aromatic heterocycles. The number of halogens is 1. The van der Waals surface area contributed by atoms with E-state index in [0.29, 0.717) is 19.6 Å². The SMILES string of the molecule is CCNC(=O)c1cn(C)nc1S(=O)(=O)N1CCN(c2ccc(F)cc2)CC1. The number of aryl methyl sites for hydroxylation is 1. The van der Waals surface area contributed by atoms with Crippen LogP contribution < -0.4 is 10.2 Å². The molecule has 0 saturated carbocycles. The first kappa shape index (κ1) is 19.3. The third kappa shape index (κ3) is 3.96. The molecular weight excluding hydrogens is 373 g/mol. The summed E-state index contributed by atoms with van der Waals surface area (Å²) in [5.74, 6) is -0.776. The molecular formula is C17H22FN5O3S. The Kier molecular flexibility index (Phi) is 5.47. The number of nitrogens with zero attached hydrogens (tertiary/aromatic N) is 4. The van der Waals surface area contributed by atoms with E-state index < -0.39 is 15.9 Å². The van der Waals surface area contributed by atoms with E-state index in [4.69, 9.17) is 0 Å². The van der Waals surface area contributed by atoms with Crippen LogP contribution in [0.25, 0.3) is 0 Å². The molecule has 0 radical (unpaired) electrons. The molecule has 146 valence electrons. The minimum absolute atomic E-state index is 0.0420. The van der Waals surface area contributed by atoms with Crippen LogP contribution in [0.3, 0.4) is 0 Å². The highest BCUT2D eigenvalue weighted by molar-refractivity contribution is 7.89. The van der Waals surface area contributed by atoms with E-state index in [1.54, 1.807) is 26.1 Å². The van der Waals surface area contributed by atoms with Gasteiger partial charge in [-0.3, -0.25) is 9.48 Å². The Hall–Kier alpha value is -2.46. The monoisotopic (exact) mass is 395 g/mol. The molecule has 3 rings (SSSR count). The Labute approximate surface area is 157 Å². The fraction of sp³-hybridized carbons (Fsp3) is 0.412. The Bertz CT molecular complexity index is 919. The summed E-state index contributed by atoms with van der Waals surface area (Å²) in [6, 6.07) is 6.10. The Morgan fingerprint density at radius 2 is 1.81 bits per heavy atom. The predicted molar refractivity (Wildman–Crippen MR) is 98.6 cm³/mol. The van der Waals surface area contributed by atoms with Gasteiger partial charge in [-0.1, -0.05) is 0 Å². The van der Waals surface area contributed by atoms with E-state index in [9.17, 15) is 17.6 Å². The van der Waals surface area contributed by atoms with Crippen LogP contribution in [-0.4, -0.2) is 61.1 Å². The molecule has 1 aromatic carbocycles. The number of sulfonamides is 1. The molecule has 0 aliphatic carbocycles. The Balaban J connectivity index is 1.77. The van der Waals surface area contributed by atoms with Gasteiger partial charge in [0, 0.05) is 51.7 Å². The molecule has 8 nitrogen and oxygen atoms in total. The fourth-order valence-electron chi connectivity index (χ4n) is 3.03. The van der Waals surface area contributed by atoms with Crippen LogP contribution in [0.4, 0.5) is 10.1 Å². The second kappa shape index (κ2) is 7.65. The van der Waals surface area contributed by atoms with E-state index in [1.807, 2.05) is 4.90 Å². The van der Waals surface area contributed by atoms with Gasteiger partial charge in [0.1, 0.15) is 5.82 Å². The van der Waals surface area contributed by atoms with E-state index >= 15 is 0 Å². The van der Waals surface area contributed by atoms with Gasteiger partial charge < -0.3 is 10.2 Å². The lowest BCUT2D eigenvalue weighted by atomic mass is 10.2.